The Balaban J connectivity index is 1.92. The van der Waals surface area contributed by atoms with Crippen LogP contribution in [0.1, 0.15) is 25.1 Å². The van der Waals surface area contributed by atoms with E-state index in [4.69, 9.17) is 0 Å². The first kappa shape index (κ1) is 18.7. The van der Waals surface area contributed by atoms with E-state index in [1.807, 2.05) is 0 Å². The van der Waals surface area contributed by atoms with Gasteiger partial charge in [0.2, 0.25) is 10.0 Å². The molecular weight excluding hydrogens is 386 g/mol. The van der Waals surface area contributed by atoms with Crippen LogP contribution < -0.4 is 0 Å². The summed E-state index contributed by atoms with van der Waals surface area (Å²) >= 11 is 0. The summed E-state index contributed by atoms with van der Waals surface area (Å²) in [4.78, 5) is 0.0176. The minimum atomic E-state index is -3.83. The molecule has 6 nitrogen and oxygen atoms in total. The predicted octanol–water partition coefficient (Wildman–Crippen LogP) is 3.18. The average molecular weight is 404 g/mol. The maximum atomic E-state index is 14.0. The Kier molecular flexibility index (Phi) is 4.51. The summed E-state index contributed by atoms with van der Waals surface area (Å²) in [6.07, 6.45) is 0. The van der Waals surface area contributed by atoms with Crippen LogP contribution in [0.15, 0.2) is 47.4 Å². The molecule has 0 spiro atoms. The zero-order chi connectivity index (χ0) is 20.1. The lowest BCUT2D eigenvalue weighted by atomic mass is 10.1. The molecule has 1 aliphatic heterocycles. The van der Waals surface area contributed by atoms with Crippen LogP contribution in [0.25, 0.3) is 11.3 Å². The summed E-state index contributed by atoms with van der Waals surface area (Å²) in [5.41, 5.74) is 1.89. The minimum absolute atomic E-state index is 0.0176. The quantitative estimate of drug-likeness (QED) is 0.672. The lowest BCUT2D eigenvalue weighted by Crippen LogP contribution is -2.35. The van der Waals surface area contributed by atoms with Gasteiger partial charge in [0.25, 0.3) is 0 Å². The van der Waals surface area contributed by atoms with Crippen LogP contribution in [0.2, 0.25) is 0 Å². The fourth-order valence-corrected chi connectivity index (χ4v) is 5.13. The van der Waals surface area contributed by atoms with E-state index >= 15 is 0 Å². The van der Waals surface area contributed by atoms with E-state index in [1.165, 1.54) is 33.3 Å². The van der Waals surface area contributed by atoms with E-state index < -0.39 is 15.8 Å². The Morgan fingerprint density at radius 1 is 1.07 bits per heavy atom. The van der Waals surface area contributed by atoms with Gasteiger partial charge < -0.3 is 0 Å². The molecule has 0 atom stereocenters. The number of fused-ring (bicyclic) bond motifs is 3. The molecule has 0 N–H and O–H groups in total. The van der Waals surface area contributed by atoms with E-state index in [-0.39, 0.29) is 35.4 Å². The van der Waals surface area contributed by atoms with Crippen molar-refractivity contribution in [2.75, 3.05) is 0 Å². The molecule has 0 amide bonds. The highest BCUT2D eigenvalue weighted by Crippen LogP contribution is 2.37. The topological polar surface area (TPSA) is 68.1 Å². The molecule has 146 valence electrons. The molecule has 3 aromatic rings. The molecule has 9 heteroatoms. The first-order valence-electron chi connectivity index (χ1n) is 8.76. The molecule has 4 rings (SSSR count). The van der Waals surface area contributed by atoms with Crippen molar-refractivity contribution in [3.8, 4) is 11.3 Å². The monoisotopic (exact) mass is 404 g/mol. The molecular formula is C19H18F2N4O2S. The van der Waals surface area contributed by atoms with Crippen molar-refractivity contribution in [3.05, 3.63) is 65.4 Å². The number of halogens is 2. The lowest BCUT2D eigenvalue weighted by molar-refractivity contribution is 0.346. The van der Waals surface area contributed by atoms with Crippen LogP contribution in [-0.4, -0.2) is 33.8 Å². The molecule has 2 heterocycles. The highest BCUT2D eigenvalue weighted by atomic mass is 32.2. The second-order valence-corrected chi connectivity index (χ2v) is 8.81. The van der Waals surface area contributed by atoms with Gasteiger partial charge in [0.15, 0.2) is 0 Å². The Morgan fingerprint density at radius 3 is 2.43 bits per heavy atom. The normalized spacial score (nSPS) is 15.9. The number of hydrogen-bond donors (Lipinski definition) is 0. The number of rotatable bonds is 3. The van der Waals surface area contributed by atoms with E-state index in [1.54, 1.807) is 26.0 Å². The van der Waals surface area contributed by atoms with Crippen LogP contribution >= 0.6 is 0 Å². The van der Waals surface area contributed by atoms with Gasteiger partial charge in [-0.2, -0.15) is 4.31 Å². The van der Waals surface area contributed by atoms with E-state index in [9.17, 15) is 17.2 Å². The maximum absolute atomic E-state index is 14.0. The van der Waals surface area contributed by atoms with Crippen molar-refractivity contribution in [2.45, 2.75) is 37.9 Å². The van der Waals surface area contributed by atoms with Gasteiger partial charge in [-0.25, -0.2) is 21.9 Å². The summed E-state index contributed by atoms with van der Waals surface area (Å²) in [5.74, 6) is -0.903. The molecule has 0 aliphatic carbocycles. The lowest BCUT2D eigenvalue weighted by Gasteiger charge is -2.23. The van der Waals surface area contributed by atoms with Crippen LogP contribution in [0.5, 0.6) is 0 Å². The Morgan fingerprint density at radius 2 is 1.75 bits per heavy atom. The molecule has 0 saturated carbocycles. The van der Waals surface area contributed by atoms with E-state index in [2.05, 4.69) is 10.3 Å². The fourth-order valence-electron chi connectivity index (χ4n) is 3.35. The third-order valence-corrected chi connectivity index (χ3v) is 6.80. The van der Waals surface area contributed by atoms with Gasteiger partial charge in [-0.3, -0.25) is 0 Å². The number of hydrogen-bond acceptors (Lipinski definition) is 4. The van der Waals surface area contributed by atoms with Gasteiger partial charge in [0.05, 0.1) is 23.7 Å². The Bertz CT molecular complexity index is 1140. The number of sulfonamides is 1. The van der Waals surface area contributed by atoms with Crippen LogP contribution in [-0.2, 0) is 23.1 Å². The van der Waals surface area contributed by atoms with Crippen molar-refractivity contribution in [3.63, 3.8) is 0 Å². The van der Waals surface area contributed by atoms with Gasteiger partial charge >= 0.3 is 0 Å². The van der Waals surface area contributed by atoms with Crippen LogP contribution in [0.3, 0.4) is 0 Å². The molecule has 0 radical (unpaired) electrons. The van der Waals surface area contributed by atoms with Crippen molar-refractivity contribution in [2.24, 2.45) is 0 Å². The van der Waals surface area contributed by atoms with Crippen molar-refractivity contribution >= 4 is 10.0 Å². The van der Waals surface area contributed by atoms with Gasteiger partial charge in [-0.1, -0.05) is 17.3 Å². The second kappa shape index (κ2) is 6.75. The zero-order valence-electron chi connectivity index (χ0n) is 15.3. The first-order valence-corrected chi connectivity index (χ1v) is 10.2. The van der Waals surface area contributed by atoms with Crippen molar-refractivity contribution in [1.29, 1.82) is 0 Å². The Hall–Kier alpha value is -2.65. The van der Waals surface area contributed by atoms with E-state index in [0.717, 1.165) is 11.6 Å². The standard InChI is InChI=1S/C19H18F2N4O2S/c1-12(2)25-11-17-19(16-9-15(21)7-8-18(16)28(25,26)27)24(23-22-17)10-13-3-5-14(20)6-4-13/h3-9,12H,10-11H2,1-2H3. The predicted molar refractivity (Wildman–Crippen MR) is 98.8 cm³/mol. The molecule has 2 aromatic carbocycles. The average Bonchev–Trinajstić information content (AvgIpc) is 2.99. The molecule has 0 unspecified atom stereocenters. The SMILES string of the molecule is CC(C)N1Cc2nnn(Cc3ccc(F)cc3)c2-c2cc(F)ccc2S1(=O)=O. The van der Waals surface area contributed by atoms with Gasteiger partial charge in [-0.05, 0) is 49.7 Å². The first-order chi connectivity index (χ1) is 13.3. The van der Waals surface area contributed by atoms with Crippen molar-refractivity contribution < 1.29 is 17.2 Å². The second-order valence-electron chi connectivity index (χ2n) is 6.95. The number of nitrogens with zero attached hydrogens (tertiary/aromatic N) is 4. The van der Waals surface area contributed by atoms with E-state index in [0.29, 0.717) is 11.4 Å². The molecule has 28 heavy (non-hydrogen) atoms. The smallest absolute Gasteiger partial charge is 0.240 e. The number of benzene rings is 2. The van der Waals surface area contributed by atoms with Crippen molar-refractivity contribution in [1.82, 2.24) is 19.3 Å². The highest BCUT2D eigenvalue weighted by Gasteiger charge is 2.36. The summed E-state index contributed by atoms with van der Waals surface area (Å²) in [6, 6.07) is 9.20. The third-order valence-electron chi connectivity index (χ3n) is 4.72. The molecule has 1 aliphatic rings. The zero-order valence-corrected chi connectivity index (χ0v) is 16.1. The largest absolute Gasteiger partial charge is 0.244 e. The summed E-state index contributed by atoms with van der Waals surface area (Å²) in [6.45, 7) is 3.83. The maximum Gasteiger partial charge on any atom is 0.244 e. The molecule has 0 bridgehead atoms. The van der Waals surface area contributed by atoms with Gasteiger partial charge in [-0.15, -0.1) is 5.10 Å². The Labute approximate surface area is 161 Å². The highest BCUT2D eigenvalue weighted by molar-refractivity contribution is 7.89. The molecule has 0 fully saturated rings. The van der Waals surface area contributed by atoms with Crippen LogP contribution in [0.4, 0.5) is 8.78 Å². The summed E-state index contributed by atoms with van der Waals surface area (Å²) < 4.78 is 56.4. The fraction of sp³-hybridized carbons (Fsp3) is 0.263. The van der Waals surface area contributed by atoms with Gasteiger partial charge in [0.1, 0.15) is 17.3 Å². The van der Waals surface area contributed by atoms with Crippen LogP contribution in [0, 0.1) is 11.6 Å². The third kappa shape index (κ3) is 3.10. The molecule has 1 aromatic heterocycles. The summed E-state index contributed by atoms with van der Waals surface area (Å²) in [5, 5.41) is 8.32. The number of aromatic nitrogens is 3. The summed E-state index contributed by atoms with van der Waals surface area (Å²) in [7, 11) is -3.83. The van der Waals surface area contributed by atoms with Gasteiger partial charge in [0, 0.05) is 11.6 Å². The minimum Gasteiger partial charge on any atom is -0.240 e. The molecule has 0 saturated heterocycles.